The smallest absolute Gasteiger partial charge is 0.337 e. The predicted octanol–water partition coefficient (Wildman–Crippen LogP) is 0.617. The second kappa shape index (κ2) is 6.53. The number of carbonyl (C=O) groups is 1. The molecule has 1 aliphatic heterocycles. The zero-order chi connectivity index (χ0) is 14.0. The first kappa shape index (κ1) is 16.9. The Morgan fingerprint density at radius 3 is 2.70 bits per heavy atom. The van der Waals surface area contributed by atoms with Crippen molar-refractivity contribution in [3.05, 3.63) is 29.8 Å². The van der Waals surface area contributed by atoms with Crippen LogP contribution < -0.4 is 5.73 Å². The first-order chi connectivity index (χ1) is 8.95. The molecule has 1 atom stereocenters. The molecule has 0 amide bonds. The molecule has 0 aliphatic carbocycles. The fourth-order valence-electron chi connectivity index (χ4n) is 2.02. The Labute approximate surface area is 124 Å². The van der Waals surface area contributed by atoms with Gasteiger partial charge in [0.2, 0.25) is 10.0 Å². The number of nitrogens with zero attached hydrogens (tertiary/aromatic N) is 1. The molecular formula is C12H17ClN2O4S. The number of rotatable bonds is 3. The van der Waals surface area contributed by atoms with E-state index in [2.05, 4.69) is 4.74 Å². The van der Waals surface area contributed by atoms with Crippen LogP contribution in [0, 0.1) is 0 Å². The Morgan fingerprint density at radius 2 is 2.15 bits per heavy atom. The van der Waals surface area contributed by atoms with Gasteiger partial charge in [-0.1, -0.05) is 6.07 Å². The van der Waals surface area contributed by atoms with Crippen molar-refractivity contribution < 1.29 is 17.9 Å². The molecule has 0 spiro atoms. The van der Waals surface area contributed by atoms with Crippen molar-refractivity contribution in [1.29, 1.82) is 0 Å². The number of hydrogen-bond acceptors (Lipinski definition) is 5. The standard InChI is InChI=1S/C12H16N2O4S.ClH/c1-18-12(15)9-3-2-4-11(7-9)19(16,17)14-6-5-10(13)8-14;/h2-4,7,10H,5-6,8,13H2,1H3;1H/t10-;/m0./s1. The first-order valence-corrected chi connectivity index (χ1v) is 7.33. The van der Waals surface area contributed by atoms with Crippen molar-refractivity contribution in [3.63, 3.8) is 0 Å². The zero-order valence-electron chi connectivity index (χ0n) is 11.0. The summed E-state index contributed by atoms with van der Waals surface area (Å²) in [5.74, 6) is -0.560. The SMILES string of the molecule is COC(=O)c1cccc(S(=O)(=O)N2CC[C@H](N)C2)c1.Cl. The quantitative estimate of drug-likeness (QED) is 0.824. The highest BCUT2D eigenvalue weighted by atomic mass is 35.5. The Bertz CT molecular complexity index is 591. The molecule has 1 aromatic carbocycles. The van der Waals surface area contributed by atoms with E-state index in [0.717, 1.165) is 0 Å². The van der Waals surface area contributed by atoms with Gasteiger partial charge in [0.1, 0.15) is 0 Å². The van der Waals surface area contributed by atoms with E-state index in [1.54, 1.807) is 0 Å². The van der Waals surface area contributed by atoms with Crippen LogP contribution in [0.5, 0.6) is 0 Å². The van der Waals surface area contributed by atoms with Gasteiger partial charge in [0.15, 0.2) is 0 Å². The van der Waals surface area contributed by atoms with Gasteiger partial charge in [0.05, 0.1) is 17.6 Å². The van der Waals surface area contributed by atoms with Crippen molar-refractivity contribution in [3.8, 4) is 0 Å². The van der Waals surface area contributed by atoms with Gasteiger partial charge in [0, 0.05) is 19.1 Å². The number of esters is 1. The third-order valence-corrected chi connectivity index (χ3v) is 4.94. The topological polar surface area (TPSA) is 89.7 Å². The summed E-state index contributed by atoms with van der Waals surface area (Å²) in [6, 6.07) is 5.70. The third kappa shape index (κ3) is 3.29. The monoisotopic (exact) mass is 320 g/mol. The number of sulfonamides is 1. The third-order valence-electron chi connectivity index (χ3n) is 3.08. The lowest BCUT2D eigenvalue weighted by molar-refractivity contribution is 0.0600. The largest absolute Gasteiger partial charge is 0.465 e. The molecule has 0 saturated carbocycles. The first-order valence-electron chi connectivity index (χ1n) is 5.89. The molecule has 2 rings (SSSR count). The van der Waals surface area contributed by atoms with E-state index in [0.29, 0.717) is 19.5 Å². The van der Waals surface area contributed by atoms with E-state index in [1.165, 1.54) is 35.7 Å². The van der Waals surface area contributed by atoms with Crippen LogP contribution in [0.15, 0.2) is 29.2 Å². The van der Waals surface area contributed by atoms with Gasteiger partial charge >= 0.3 is 5.97 Å². The molecule has 0 aromatic heterocycles. The molecule has 112 valence electrons. The molecule has 0 bridgehead atoms. The molecule has 0 unspecified atom stereocenters. The Hall–Kier alpha value is -1.15. The highest BCUT2D eigenvalue weighted by Crippen LogP contribution is 2.21. The molecule has 6 nitrogen and oxygen atoms in total. The minimum absolute atomic E-state index is 0. The number of methoxy groups -OCH3 is 1. The molecule has 2 N–H and O–H groups in total. The lowest BCUT2D eigenvalue weighted by atomic mass is 10.2. The molecule has 1 aliphatic rings. The van der Waals surface area contributed by atoms with Crippen molar-refractivity contribution >= 4 is 28.4 Å². The minimum Gasteiger partial charge on any atom is -0.465 e. The fraction of sp³-hybridized carbons (Fsp3) is 0.417. The lowest BCUT2D eigenvalue weighted by Gasteiger charge is -2.16. The maximum Gasteiger partial charge on any atom is 0.337 e. The Kier molecular flexibility index (Phi) is 5.52. The van der Waals surface area contributed by atoms with E-state index >= 15 is 0 Å². The normalized spacial score (nSPS) is 19.4. The highest BCUT2D eigenvalue weighted by molar-refractivity contribution is 7.89. The Morgan fingerprint density at radius 1 is 1.45 bits per heavy atom. The predicted molar refractivity (Wildman–Crippen MR) is 76.4 cm³/mol. The zero-order valence-corrected chi connectivity index (χ0v) is 12.6. The molecule has 1 heterocycles. The summed E-state index contributed by atoms with van der Waals surface area (Å²) in [4.78, 5) is 11.5. The number of nitrogens with two attached hydrogens (primary N) is 1. The van der Waals surface area contributed by atoms with Crippen molar-refractivity contribution in [2.45, 2.75) is 17.4 Å². The number of hydrogen-bond donors (Lipinski definition) is 1. The van der Waals surface area contributed by atoms with Crippen LogP contribution in [0.3, 0.4) is 0 Å². The van der Waals surface area contributed by atoms with Crippen LogP contribution in [0.4, 0.5) is 0 Å². The van der Waals surface area contributed by atoms with Gasteiger partial charge < -0.3 is 10.5 Å². The highest BCUT2D eigenvalue weighted by Gasteiger charge is 2.31. The molecular weight excluding hydrogens is 304 g/mol. The number of ether oxygens (including phenoxy) is 1. The maximum absolute atomic E-state index is 12.4. The molecule has 0 radical (unpaired) electrons. The average molecular weight is 321 g/mol. The lowest BCUT2D eigenvalue weighted by Crippen LogP contribution is -2.32. The fourth-order valence-corrected chi connectivity index (χ4v) is 3.58. The second-order valence-electron chi connectivity index (χ2n) is 4.43. The van der Waals surface area contributed by atoms with Gasteiger partial charge in [-0.05, 0) is 24.6 Å². The van der Waals surface area contributed by atoms with Crippen LogP contribution in [0.25, 0.3) is 0 Å². The van der Waals surface area contributed by atoms with Gasteiger partial charge in [-0.3, -0.25) is 0 Å². The van der Waals surface area contributed by atoms with E-state index in [1.807, 2.05) is 0 Å². The second-order valence-corrected chi connectivity index (χ2v) is 6.37. The molecule has 1 aromatic rings. The summed E-state index contributed by atoms with van der Waals surface area (Å²) in [7, 11) is -2.34. The molecule has 1 saturated heterocycles. The maximum atomic E-state index is 12.4. The average Bonchev–Trinajstić information content (AvgIpc) is 2.85. The van der Waals surface area contributed by atoms with Crippen molar-refractivity contribution in [2.24, 2.45) is 5.73 Å². The van der Waals surface area contributed by atoms with Crippen LogP contribution >= 0.6 is 12.4 Å². The summed E-state index contributed by atoms with van der Waals surface area (Å²) in [5, 5.41) is 0. The number of carbonyl (C=O) groups excluding carboxylic acids is 1. The van der Waals surface area contributed by atoms with Crippen molar-refractivity contribution in [1.82, 2.24) is 4.31 Å². The van der Waals surface area contributed by atoms with Gasteiger partial charge in [-0.25, -0.2) is 13.2 Å². The van der Waals surface area contributed by atoms with E-state index in [-0.39, 0.29) is 28.9 Å². The minimum atomic E-state index is -3.59. The summed E-state index contributed by atoms with van der Waals surface area (Å²) >= 11 is 0. The van der Waals surface area contributed by atoms with E-state index < -0.39 is 16.0 Å². The summed E-state index contributed by atoms with van der Waals surface area (Å²) in [6.45, 7) is 0.719. The van der Waals surface area contributed by atoms with Gasteiger partial charge in [-0.15, -0.1) is 12.4 Å². The molecule has 8 heteroatoms. The molecule has 20 heavy (non-hydrogen) atoms. The summed E-state index contributed by atoms with van der Waals surface area (Å²) in [6.07, 6.45) is 0.649. The van der Waals surface area contributed by atoms with Crippen LogP contribution in [-0.4, -0.2) is 44.9 Å². The van der Waals surface area contributed by atoms with Crippen LogP contribution in [-0.2, 0) is 14.8 Å². The number of halogens is 1. The van der Waals surface area contributed by atoms with Gasteiger partial charge in [0.25, 0.3) is 0 Å². The van der Waals surface area contributed by atoms with Crippen LogP contribution in [0.2, 0.25) is 0 Å². The molecule has 1 fully saturated rings. The van der Waals surface area contributed by atoms with Crippen molar-refractivity contribution in [2.75, 3.05) is 20.2 Å². The van der Waals surface area contributed by atoms with E-state index in [9.17, 15) is 13.2 Å². The Balaban J connectivity index is 0.00000200. The van der Waals surface area contributed by atoms with Gasteiger partial charge in [-0.2, -0.15) is 4.31 Å². The van der Waals surface area contributed by atoms with E-state index in [4.69, 9.17) is 5.73 Å². The summed E-state index contributed by atoms with van der Waals surface area (Å²) < 4.78 is 30.6. The summed E-state index contributed by atoms with van der Waals surface area (Å²) in [5.41, 5.74) is 5.93. The van der Waals surface area contributed by atoms with Crippen LogP contribution in [0.1, 0.15) is 16.8 Å². The number of benzene rings is 1.